The normalized spacial score (nSPS) is 12.9. The number of carbonyl (C=O) groups is 3. The summed E-state index contributed by atoms with van der Waals surface area (Å²) in [6.07, 6.45) is 0.597. The lowest BCUT2D eigenvalue weighted by atomic mass is 10.1. The second-order valence-corrected chi connectivity index (χ2v) is 7.25. The summed E-state index contributed by atoms with van der Waals surface area (Å²) >= 11 is 3.13. The lowest BCUT2D eigenvalue weighted by Crippen LogP contribution is -2.42. The molecule has 0 atom stereocenters. The zero-order chi connectivity index (χ0) is 20.1. The Balaban J connectivity index is 1.47. The van der Waals surface area contributed by atoms with Crippen molar-refractivity contribution in [2.24, 2.45) is 0 Å². The molecule has 1 aliphatic heterocycles. The molecule has 6 nitrogen and oxygen atoms in total. The third-order valence-electron chi connectivity index (χ3n) is 4.36. The van der Waals surface area contributed by atoms with Crippen LogP contribution in [0.15, 0.2) is 46.9 Å². The molecule has 146 valence electrons. The van der Waals surface area contributed by atoms with Crippen molar-refractivity contribution in [1.29, 1.82) is 0 Å². The molecule has 0 aliphatic carbocycles. The van der Waals surface area contributed by atoms with E-state index in [1.807, 2.05) is 0 Å². The van der Waals surface area contributed by atoms with Gasteiger partial charge in [-0.1, -0.05) is 18.2 Å². The minimum Gasteiger partial charge on any atom is -0.356 e. The average molecular weight is 448 g/mol. The first kappa shape index (κ1) is 20.0. The van der Waals surface area contributed by atoms with Gasteiger partial charge in [0.2, 0.25) is 17.7 Å². The molecule has 2 aromatic rings. The van der Waals surface area contributed by atoms with Crippen LogP contribution in [0.3, 0.4) is 0 Å². The summed E-state index contributed by atoms with van der Waals surface area (Å²) in [5, 5.41) is 5.47. The number of benzene rings is 2. The SMILES string of the molecule is O=C(CCC(=O)N1CC(=O)Nc2ccccc21)NCCc1ccc(F)c(Br)c1. The number of fused-ring (bicyclic) bond motifs is 1. The number of hydrogen-bond donors (Lipinski definition) is 2. The number of anilines is 2. The van der Waals surface area contributed by atoms with Crippen molar-refractivity contribution in [3.63, 3.8) is 0 Å². The highest BCUT2D eigenvalue weighted by atomic mass is 79.9. The Morgan fingerprint density at radius 1 is 1.18 bits per heavy atom. The molecule has 8 heteroatoms. The van der Waals surface area contributed by atoms with Crippen LogP contribution in [0.25, 0.3) is 0 Å². The largest absolute Gasteiger partial charge is 0.356 e. The molecular formula is C20H19BrFN3O3. The van der Waals surface area contributed by atoms with E-state index in [-0.39, 0.29) is 42.9 Å². The van der Waals surface area contributed by atoms with Crippen LogP contribution in [-0.4, -0.2) is 30.8 Å². The van der Waals surface area contributed by atoms with Crippen molar-refractivity contribution < 1.29 is 18.8 Å². The minimum atomic E-state index is -0.334. The Kier molecular flexibility index (Phi) is 6.41. The van der Waals surface area contributed by atoms with E-state index in [0.717, 1.165) is 5.56 Å². The summed E-state index contributed by atoms with van der Waals surface area (Å²) in [6, 6.07) is 11.8. The Morgan fingerprint density at radius 2 is 1.96 bits per heavy atom. The van der Waals surface area contributed by atoms with Gasteiger partial charge in [0.1, 0.15) is 12.4 Å². The van der Waals surface area contributed by atoms with Gasteiger partial charge in [-0.15, -0.1) is 0 Å². The molecule has 1 heterocycles. The predicted octanol–water partition coefficient (Wildman–Crippen LogP) is 3.01. The molecule has 3 rings (SSSR count). The van der Waals surface area contributed by atoms with Gasteiger partial charge >= 0.3 is 0 Å². The molecule has 28 heavy (non-hydrogen) atoms. The van der Waals surface area contributed by atoms with Crippen LogP contribution in [0.4, 0.5) is 15.8 Å². The number of para-hydroxylation sites is 2. The van der Waals surface area contributed by atoms with Crippen LogP contribution in [0, 0.1) is 5.82 Å². The third kappa shape index (κ3) is 4.95. The van der Waals surface area contributed by atoms with Gasteiger partial charge < -0.3 is 15.5 Å². The standard InChI is InChI=1S/C20H19BrFN3O3/c21-14-11-13(5-6-15(14)22)9-10-23-18(26)7-8-20(28)25-12-19(27)24-16-3-1-2-4-17(16)25/h1-6,11H,7-10,12H2,(H,23,26)(H,24,27). The Bertz CT molecular complexity index is 919. The van der Waals surface area contributed by atoms with Gasteiger partial charge in [0.15, 0.2) is 0 Å². The summed E-state index contributed by atoms with van der Waals surface area (Å²) in [5.41, 5.74) is 2.11. The number of nitrogens with zero attached hydrogens (tertiary/aromatic N) is 1. The summed E-state index contributed by atoms with van der Waals surface area (Å²) in [4.78, 5) is 37.7. The number of rotatable bonds is 6. The number of halogens is 2. The van der Waals surface area contributed by atoms with E-state index in [9.17, 15) is 18.8 Å². The maximum atomic E-state index is 13.2. The lowest BCUT2D eigenvalue weighted by Gasteiger charge is -2.29. The highest BCUT2D eigenvalue weighted by Crippen LogP contribution is 2.29. The van der Waals surface area contributed by atoms with Crippen LogP contribution in [0.1, 0.15) is 18.4 Å². The summed E-state index contributed by atoms with van der Waals surface area (Å²) in [6.45, 7) is 0.330. The van der Waals surface area contributed by atoms with Crippen LogP contribution < -0.4 is 15.5 Å². The molecule has 0 bridgehead atoms. The van der Waals surface area contributed by atoms with Crippen molar-refractivity contribution in [1.82, 2.24) is 5.32 Å². The van der Waals surface area contributed by atoms with Gasteiger partial charge in [-0.2, -0.15) is 0 Å². The fourth-order valence-electron chi connectivity index (χ4n) is 2.94. The fourth-order valence-corrected chi connectivity index (χ4v) is 3.37. The second-order valence-electron chi connectivity index (χ2n) is 6.39. The molecule has 1 aliphatic rings. The Hall–Kier alpha value is -2.74. The lowest BCUT2D eigenvalue weighted by molar-refractivity contribution is -0.125. The van der Waals surface area contributed by atoms with Crippen molar-refractivity contribution in [2.75, 3.05) is 23.3 Å². The first-order valence-corrected chi connectivity index (χ1v) is 9.63. The van der Waals surface area contributed by atoms with Crippen LogP contribution >= 0.6 is 15.9 Å². The van der Waals surface area contributed by atoms with Crippen LogP contribution in [0.5, 0.6) is 0 Å². The topological polar surface area (TPSA) is 78.5 Å². The quantitative estimate of drug-likeness (QED) is 0.714. The molecule has 0 saturated heterocycles. The monoisotopic (exact) mass is 447 g/mol. The smallest absolute Gasteiger partial charge is 0.244 e. The molecule has 0 fully saturated rings. The highest BCUT2D eigenvalue weighted by Gasteiger charge is 2.26. The van der Waals surface area contributed by atoms with E-state index in [1.54, 1.807) is 36.4 Å². The van der Waals surface area contributed by atoms with Gasteiger partial charge in [-0.05, 0) is 52.2 Å². The average Bonchev–Trinajstić information content (AvgIpc) is 2.68. The molecule has 3 amide bonds. The van der Waals surface area contributed by atoms with Crippen LogP contribution in [0.2, 0.25) is 0 Å². The van der Waals surface area contributed by atoms with Gasteiger partial charge in [-0.3, -0.25) is 14.4 Å². The first-order chi connectivity index (χ1) is 13.4. The number of amides is 3. The fraction of sp³-hybridized carbons (Fsp3) is 0.250. The highest BCUT2D eigenvalue weighted by molar-refractivity contribution is 9.10. The Labute approximate surface area is 170 Å². The van der Waals surface area contributed by atoms with Crippen molar-refractivity contribution in [3.05, 3.63) is 58.3 Å². The maximum absolute atomic E-state index is 13.2. The number of nitrogens with one attached hydrogen (secondary N) is 2. The zero-order valence-electron chi connectivity index (χ0n) is 15.0. The van der Waals surface area contributed by atoms with Gasteiger partial charge in [0.25, 0.3) is 0 Å². The minimum absolute atomic E-state index is 0.00947. The molecule has 0 saturated carbocycles. The van der Waals surface area contributed by atoms with Crippen molar-refractivity contribution in [3.8, 4) is 0 Å². The van der Waals surface area contributed by atoms with Crippen molar-refractivity contribution >= 4 is 45.0 Å². The maximum Gasteiger partial charge on any atom is 0.244 e. The molecule has 0 spiro atoms. The molecule has 0 aromatic heterocycles. The summed E-state index contributed by atoms with van der Waals surface area (Å²) < 4.78 is 13.6. The number of carbonyl (C=O) groups excluding carboxylic acids is 3. The third-order valence-corrected chi connectivity index (χ3v) is 4.97. The van der Waals surface area contributed by atoms with E-state index >= 15 is 0 Å². The van der Waals surface area contributed by atoms with E-state index in [1.165, 1.54) is 11.0 Å². The van der Waals surface area contributed by atoms with E-state index in [4.69, 9.17) is 0 Å². The summed E-state index contributed by atoms with van der Waals surface area (Å²) in [7, 11) is 0. The molecule has 2 aromatic carbocycles. The first-order valence-electron chi connectivity index (χ1n) is 8.84. The van der Waals surface area contributed by atoms with Crippen LogP contribution in [-0.2, 0) is 20.8 Å². The van der Waals surface area contributed by atoms with E-state index in [2.05, 4.69) is 26.6 Å². The van der Waals surface area contributed by atoms with Gasteiger partial charge in [0.05, 0.1) is 15.8 Å². The number of hydrogen-bond acceptors (Lipinski definition) is 3. The second kappa shape index (κ2) is 8.97. The zero-order valence-corrected chi connectivity index (χ0v) is 16.6. The predicted molar refractivity (Wildman–Crippen MR) is 107 cm³/mol. The molecule has 0 radical (unpaired) electrons. The van der Waals surface area contributed by atoms with Crippen molar-refractivity contribution in [2.45, 2.75) is 19.3 Å². The summed E-state index contributed by atoms with van der Waals surface area (Å²) in [5.74, 6) is -1.12. The van der Waals surface area contributed by atoms with Gasteiger partial charge in [-0.25, -0.2) is 4.39 Å². The molecule has 0 unspecified atom stereocenters. The Morgan fingerprint density at radius 3 is 2.75 bits per heavy atom. The van der Waals surface area contributed by atoms with E-state index < -0.39 is 0 Å². The molecular weight excluding hydrogens is 429 g/mol. The van der Waals surface area contributed by atoms with Gasteiger partial charge in [0, 0.05) is 19.4 Å². The molecule has 2 N–H and O–H groups in total. The van der Waals surface area contributed by atoms with E-state index in [0.29, 0.717) is 28.8 Å².